The van der Waals surface area contributed by atoms with E-state index in [0.29, 0.717) is 11.6 Å². The van der Waals surface area contributed by atoms with Crippen molar-refractivity contribution in [3.8, 4) is 0 Å². The summed E-state index contributed by atoms with van der Waals surface area (Å²) < 4.78 is 91.6. The fourth-order valence-electron chi connectivity index (χ4n) is 2.98. The summed E-state index contributed by atoms with van der Waals surface area (Å²) in [4.78, 5) is 16.4. The van der Waals surface area contributed by atoms with Gasteiger partial charge in [0, 0.05) is 18.2 Å². The number of benzene rings is 2. The number of alkyl halides is 7. The van der Waals surface area contributed by atoms with Gasteiger partial charge in [-0.3, -0.25) is 9.89 Å². The topological polar surface area (TPSA) is 82.2 Å². The van der Waals surface area contributed by atoms with Crippen LogP contribution in [0.25, 0.3) is 0 Å². The second kappa shape index (κ2) is 9.99. The van der Waals surface area contributed by atoms with Gasteiger partial charge in [0.2, 0.25) is 5.96 Å². The van der Waals surface area contributed by atoms with Gasteiger partial charge in [0.05, 0.1) is 5.56 Å². The number of hydrogen-bond acceptors (Lipinski definition) is 2. The molecule has 1 aromatic heterocycles. The Morgan fingerprint density at radius 3 is 2.14 bits per heavy atom. The molecule has 0 atom stereocenters. The van der Waals surface area contributed by atoms with Crippen LogP contribution in [0.5, 0.6) is 0 Å². The average Bonchev–Trinajstić information content (AvgIpc) is 3.26. The molecule has 192 valence electrons. The maximum absolute atomic E-state index is 14.1. The summed E-state index contributed by atoms with van der Waals surface area (Å²) >= 11 is 0. The Bertz CT molecular complexity index is 1240. The van der Waals surface area contributed by atoms with Crippen LogP contribution >= 0.6 is 0 Å². The van der Waals surface area contributed by atoms with Crippen molar-refractivity contribution in [2.75, 3.05) is 5.32 Å². The van der Waals surface area contributed by atoms with E-state index >= 15 is 0 Å². The fourth-order valence-corrected chi connectivity index (χ4v) is 2.98. The molecule has 36 heavy (non-hydrogen) atoms. The second-order valence-electron chi connectivity index (χ2n) is 8.16. The van der Waals surface area contributed by atoms with E-state index in [9.17, 15) is 35.5 Å². The maximum atomic E-state index is 14.1. The summed E-state index contributed by atoms with van der Waals surface area (Å²) in [7, 11) is 0. The molecule has 0 radical (unpaired) electrons. The number of guanidine groups is 1. The molecule has 0 spiro atoms. The largest absolute Gasteiger partial charge is 0.432 e. The summed E-state index contributed by atoms with van der Waals surface area (Å²) in [5, 5.41) is 10.3. The molecule has 0 aliphatic heterocycles. The number of aliphatic imine (C=N–C) groups is 1. The maximum Gasteiger partial charge on any atom is 0.432 e. The highest BCUT2D eigenvalue weighted by atomic mass is 19.4. The zero-order valence-corrected chi connectivity index (χ0v) is 18.9. The van der Waals surface area contributed by atoms with Crippen molar-refractivity contribution in [1.82, 2.24) is 15.5 Å². The Kier molecular flexibility index (Phi) is 7.41. The number of carbonyl (C=O) groups excluding carboxylic acids is 1. The van der Waals surface area contributed by atoms with E-state index in [4.69, 9.17) is 0 Å². The number of carbonyl (C=O) groups is 1. The number of hydrogen-bond donors (Lipinski definition) is 3. The van der Waals surface area contributed by atoms with Crippen LogP contribution in [0.15, 0.2) is 59.6 Å². The van der Waals surface area contributed by atoms with Crippen molar-refractivity contribution in [2.24, 2.45) is 4.99 Å². The minimum absolute atomic E-state index is 0.0428. The number of rotatable bonds is 5. The monoisotopic (exact) mass is 515 g/mol. The van der Waals surface area contributed by atoms with Gasteiger partial charge in [-0.05, 0) is 49.2 Å². The number of anilines is 1. The van der Waals surface area contributed by atoms with Gasteiger partial charge in [0.15, 0.2) is 5.82 Å². The minimum Gasteiger partial charge on any atom is -0.352 e. The van der Waals surface area contributed by atoms with Gasteiger partial charge < -0.3 is 10.6 Å². The minimum atomic E-state index is -4.71. The fraction of sp³-hybridized carbons (Fsp3) is 0.261. The van der Waals surface area contributed by atoms with Crippen LogP contribution in [0, 0.1) is 0 Å². The zero-order valence-electron chi connectivity index (χ0n) is 18.9. The number of aromatic nitrogens is 2. The lowest BCUT2D eigenvalue weighted by Crippen LogP contribution is -2.31. The van der Waals surface area contributed by atoms with Gasteiger partial charge in [-0.15, -0.1) is 0 Å². The Labute approximate surface area is 200 Å². The predicted octanol–water partition coefficient (Wildman–Crippen LogP) is 6.05. The second-order valence-corrected chi connectivity index (χ2v) is 8.16. The SMILES string of the molecule is CC(C)(F)c1ccc(C(=O)/N=C(/NCc2cccc(C(F)(F)F)c2)Nc2cc(C(F)(F)F)[nH]n2)cc1. The van der Waals surface area contributed by atoms with Crippen molar-refractivity contribution in [3.05, 3.63) is 82.5 Å². The Hall–Kier alpha value is -3.90. The molecular formula is C23H20F7N5O. The average molecular weight is 515 g/mol. The first-order valence-corrected chi connectivity index (χ1v) is 10.3. The molecule has 1 heterocycles. The van der Waals surface area contributed by atoms with Crippen molar-refractivity contribution in [1.29, 1.82) is 0 Å². The Morgan fingerprint density at radius 1 is 0.917 bits per heavy atom. The van der Waals surface area contributed by atoms with Gasteiger partial charge in [-0.25, -0.2) is 4.39 Å². The molecule has 0 saturated carbocycles. The van der Waals surface area contributed by atoms with E-state index < -0.39 is 35.2 Å². The summed E-state index contributed by atoms with van der Waals surface area (Å²) in [5.41, 5.74) is -3.21. The lowest BCUT2D eigenvalue weighted by atomic mass is 9.99. The quantitative estimate of drug-likeness (QED) is 0.220. The van der Waals surface area contributed by atoms with Gasteiger partial charge in [-0.2, -0.15) is 36.4 Å². The van der Waals surface area contributed by atoms with Gasteiger partial charge in [0.25, 0.3) is 5.91 Å². The van der Waals surface area contributed by atoms with E-state index in [1.165, 1.54) is 50.2 Å². The zero-order chi connectivity index (χ0) is 26.7. The summed E-state index contributed by atoms with van der Waals surface area (Å²) in [6.07, 6.45) is -9.29. The third-order valence-corrected chi connectivity index (χ3v) is 4.88. The standard InChI is InChI=1S/C23H20F7N5O/c1-21(2,24)15-8-6-14(7-9-15)19(36)33-20(32-18-11-17(34-35-18)23(28,29)30)31-12-13-4-3-5-16(10-13)22(25,26)27/h3-11H,12H2,1-2H3,(H3,31,32,33,34,35,36). The van der Waals surface area contributed by atoms with Crippen molar-refractivity contribution in [2.45, 2.75) is 38.4 Å². The smallest absolute Gasteiger partial charge is 0.352 e. The molecule has 13 heteroatoms. The van der Waals surface area contributed by atoms with Crippen LogP contribution in [0.3, 0.4) is 0 Å². The van der Waals surface area contributed by atoms with E-state index in [1.54, 1.807) is 5.10 Å². The molecule has 0 aliphatic rings. The van der Waals surface area contributed by atoms with Crippen LogP contribution < -0.4 is 10.6 Å². The van der Waals surface area contributed by atoms with Crippen molar-refractivity contribution < 1.29 is 35.5 Å². The molecule has 0 bridgehead atoms. The molecule has 1 amide bonds. The lowest BCUT2D eigenvalue weighted by molar-refractivity contribution is -0.141. The molecule has 0 saturated heterocycles. The molecule has 3 N–H and O–H groups in total. The highest BCUT2D eigenvalue weighted by molar-refractivity contribution is 6.06. The normalized spacial score (nSPS) is 13.0. The predicted molar refractivity (Wildman–Crippen MR) is 118 cm³/mol. The molecule has 0 unspecified atom stereocenters. The van der Waals surface area contributed by atoms with E-state index in [0.717, 1.165) is 12.1 Å². The molecule has 0 fully saturated rings. The molecule has 3 aromatic rings. The molecule has 2 aromatic carbocycles. The first-order valence-electron chi connectivity index (χ1n) is 10.3. The number of H-pyrrole nitrogens is 1. The summed E-state index contributed by atoms with van der Waals surface area (Å²) in [5.74, 6) is -1.56. The van der Waals surface area contributed by atoms with Crippen LogP contribution in [-0.2, 0) is 24.6 Å². The lowest BCUT2D eigenvalue weighted by Gasteiger charge is -2.14. The van der Waals surface area contributed by atoms with Crippen LogP contribution in [-0.4, -0.2) is 22.1 Å². The van der Waals surface area contributed by atoms with Gasteiger partial charge in [0.1, 0.15) is 11.4 Å². The summed E-state index contributed by atoms with van der Waals surface area (Å²) in [6.45, 7) is 2.41. The van der Waals surface area contributed by atoms with Gasteiger partial charge >= 0.3 is 12.4 Å². The number of nitrogens with one attached hydrogen (secondary N) is 3. The summed E-state index contributed by atoms with van der Waals surface area (Å²) in [6, 6.07) is 10.4. The molecular weight excluding hydrogens is 495 g/mol. The third-order valence-electron chi connectivity index (χ3n) is 4.88. The molecule has 6 nitrogen and oxygen atoms in total. The Morgan fingerprint density at radius 2 is 1.58 bits per heavy atom. The number of aromatic amines is 1. The molecule has 0 aliphatic carbocycles. The van der Waals surface area contributed by atoms with E-state index in [2.05, 4.69) is 20.7 Å². The Balaban J connectivity index is 1.86. The first-order chi connectivity index (χ1) is 16.6. The first kappa shape index (κ1) is 26.7. The highest BCUT2D eigenvalue weighted by Crippen LogP contribution is 2.30. The van der Waals surface area contributed by atoms with E-state index in [-0.39, 0.29) is 29.4 Å². The van der Waals surface area contributed by atoms with Crippen LogP contribution in [0.1, 0.15) is 46.6 Å². The van der Waals surface area contributed by atoms with E-state index in [1.807, 2.05) is 0 Å². The van der Waals surface area contributed by atoms with Gasteiger partial charge in [-0.1, -0.05) is 24.3 Å². The number of amides is 1. The molecule has 3 rings (SSSR count). The van der Waals surface area contributed by atoms with Crippen molar-refractivity contribution in [3.63, 3.8) is 0 Å². The number of halogens is 7. The van der Waals surface area contributed by atoms with Crippen LogP contribution in [0.4, 0.5) is 36.6 Å². The van der Waals surface area contributed by atoms with Crippen molar-refractivity contribution >= 4 is 17.7 Å². The number of nitrogens with zero attached hydrogens (tertiary/aromatic N) is 2. The third kappa shape index (κ3) is 7.06. The van der Waals surface area contributed by atoms with Crippen LogP contribution in [0.2, 0.25) is 0 Å². The highest BCUT2D eigenvalue weighted by Gasteiger charge is 2.33.